The number of hydrogen-bond donors (Lipinski definition) is 0. The van der Waals surface area contributed by atoms with Crippen LogP contribution in [0.5, 0.6) is 0 Å². The molecule has 0 aliphatic carbocycles. The van der Waals surface area contributed by atoms with E-state index in [0.29, 0.717) is 6.17 Å². The molecule has 0 unspecified atom stereocenters. The zero-order chi connectivity index (χ0) is 18.2. The van der Waals surface area contributed by atoms with Crippen molar-refractivity contribution in [3.63, 3.8) is 0 Å². The Labute approximate surface area is 160 Å². The Morgan fingerprint density at radius 3 is 1.59 bits per heavy atom. The van der Waals surface area contributed by atoms with Crippen LogP contribution in [0.1, 0.15) is 29.7 Å². The summed E-state index contributed by atoms with van der Waals surface area (Å²) in [5.74, 6) is 0. The van der Waals surface area contributed by atoms with E-state index in [4.69, 9.17) is 9.97 Å². The molecule has 5 heterocycles. The minimum atomic E-state index is 0.291. The molecule has 3 aliphatic rings. The number of hydrogen-bond acceptors (Lipinski definition) is 6. The second-order valence-corrected chi connectivity index (χ2v) is 7.45. The van der Waals surface area contributed by atoms with Gasteiger partial charge in [-0.3, -0.25) is 9.97 Å². The topological polar surface area (TPSA) is 38.7 Å². The van der Waals surface area contributed by atoms with Gasteiger partial charge in [-0.1, -0.05) is 12.1 Å². The Morgan fingerprint density at radius 2 is 1.11 bits per heavy atom. The highest BCUT2D eigenvalue weighted by molar-refractivity contribution is 5.16. The van der Waals surface area contributed by atoms with Crippen LogP contribution in [0, 0.1) is 0 Å². The van der Waals surface area contributed by atoms with E-state index in [1.807, 2.05) is 0 Å². The normalized spacial score (nSPS) is 19.3. The third-order valence-corrected chi connectivity index (χ3v) is 5.41. The van der Waals surface area contributed by atoms with E-state index in [0.717, 1.165) is 55.6 Å². The molecule has 6 nitrogen and oxygen atoms in total. The van der Waals surface area contributed by atoms with Crippen molar-refractivity contribution in [2.45, 2.75) is 39.3 Å². The van der Waals surface area contributed by atoms with E-state index in [2.05, 4.69) is 87.7 Å². The molecule has 3 aliphatic heterocycles. The van der Waals surface area contributed by atoms with Crippen LogP contribution in [0.2, 0.25) is 0 Å². The SMILES string of the molecule is CC1N2C=CN1Cc1cccc(n1)CN1C=CN(Cc3cccc(n3)C2)C1. The lowest BCUT2D eigenvalue weighted by atomic mass is 10.2. The molecule has 0 saturated heterocycles. The zero-order valence-electron chi connectivity index (χ0n) is 15.6. The highest BCUT2D eigenvalue weighted by Crippen LogP contribution is 2.21. The monoisotopic (exact) mass is 360 g/mol. The fourth-order valence-corrected chi connectivity index (χ4v) is 3.90. The van der Waals surface area contributed by atoms with Crippen LogP contribution < -0.4 is 0 Å². The second-order valence-electron chi connectivity index (χ2n) is 7.45. The van der Waals surface area contributed by atoms with Gasteiger partial charge in [-0.2, -0.15) is 0 Å². The van der Waals surface area contributed by atoms with Crippen molar-refractivity contribution in [1.29, 1.82) is 0 Å². The standard InChI is InChI=1S/C21H24N6/c1-17-26-10-11-27(17)15-21-7-3-5-19(23-21)13-25-9-8-24(16-25)12-18-4-2-6-20(14-26)22-18/h2-11,17H,12-16H2,1H3. The molecule has 6 heteroatoms. The van der Waals surface area contributed by atoms with Gasteiger partial charge in [0.05, 0.1) is 61.8 Å². The van der Waals surface area contributed by atoms with Crippen LogP contribution in [0.4, 0.5) is 0 Å². The smallest absolute Gasteiger partial charge is 0.0985 e. The largest absolute Gasteiger partial charge is 0.353 e. The molecule has 0 radical (unpaired) electrons. The number of pyridine rings is 2. The number of aromatic nitrogens is 2. The Morgan fingerprint density at radius 1 is 0.667 bits per heavy atom. The summed E-state index contributed by atoms with van der Waals surface area (Å²) in [5.41, 5.74) is 4.44. The summed E-state index contributed by atoms with van der Waals surface area (Å²) in [4.78, 5) is 19.0. The summed E-state index contributed by atoms with van der Waals surface area (Å²) in [5, 5.41) is 0. The van der Waals surface area contributed by atoms with Crippen molar-refractivity contribution < 1.29 is 0 Å². The Kier molecular flexibility index (Phi) is 3.96. The molecule has 2 aromatic heterocycles. The maximum absolute atomic E-state index is 4.89. The van der Waals surface area contributed by atoms with Gasteiger partial charge in [0.25, 0.3) is 0 Å². The lowest BCUT2D eigenvalue weighted by Gasteiger charge is -2.30. The van der Waals surface area contributed by atoms with Crippen LogP contribution in [-0.2, 0) is 26.2 Å². The molecule has 27 heavy (non-hydrogen) atoms. The molecule has 0 spiro atoms. The van der Waals surface area contributed by atoms with Gasteiger partial charge < -0.3 is 19.6 Å². The molecule has 0 saturated carbocycles. The van der Waals surface area contributed by atoms with Crippen molar-refractivity contribution in [2.24, 2.45) is 0 Å². The predicted octanol–water partition coefficient (Wildman–Crippen LogP) is 2.67. The highest BCUT2D eigenvalue weighted by atomic mass is 15.4. The average Bonchev–Trinajstić information content (AvgIpc) is 3.23. The van der Waals surface area contributed by atoms with Crippen LogP contribution in [0.3, 0.4) is 0 Å². The van der Waals surface area contributed by atoms with E-state index in [9.17, 15) is 0 Å². The summed E-state index contributed by atoms with van der Waals surface area (Å²) < 4.78 is 0. The Balaban J connectivity index is 1.47. The number of nitrogens with zero attached hydrogens (tertiary/aromatic N) is 6. The van der Waals surface area contributed by atoms with Gasteiger partial charge >= 0.3 is 0 Å². The van der Waals surface area contributed by atoms with Gasteiger partial charge in [-0.05, 0) is 31.2 Å². The van der Waals surface area contributed by atoms with Gasteiger partial charge in [0.1, 0.15) is 0 Å². The lowest BCUT2D eigenvalue weighted by Crippen LogP contribution is -2.35. The van der Waals surface area contributed by atoms with E-state index < -0.39 is 0 Å². The summed E-state index contributed by atoms with van der Waals surface area (Å²) in [6, 6.07) is 12.7. The first-order chi connectivity index (χ1) is 13.2. The van der Waals surface area contributed by atoms with Crippen molar-refractivity contribution in [2.75, 3.05) is 6.67 Å². The van der Waals surface area contributed by atoms with Gasteiger partial charge in [0, 0.05) is 24.8 Å². The molecular formula is C21H24N6. The minimum Gasteiger partial charge on any atom is -0.353 e. The average molecular weight is 360 g/mol. The number of fused-ring (bicyclic) bond motifs is 8. The molecule has 2 aromatic rings. The van der Waals surface area contributed by atoms with E-state index >= 15 is 0 Å². The highest BCUT2D eigenvalue weighted by Gasteiger charge is 2.23. The van der Waals surface area contributed by atoms with E-state index in [1.165, 1.54) is 0 Å². The van der Waals surface area contributed by atoms with Gasteiger partial charge in [0.15, 0.2) is 0 Å². The maximum Gasteiger partial charge on any atom is 0.0985 e. The molecule has 8 bridgehead atoms. The maximum atomic E-state index is 4.89. The van der Waals surface area contributed by atoms with E-state index in [-0.39, 0.29) is 0 Å². The third kappa shape index (κ3) is 3.35. The van der Waals surface area contributed by atoms with E-state index in [1.54, 1.807) is 0 Å². The van der Waals surface area contributed by atoms with Gasteiger partial charge in [0.2, 0.25) is 0 Å². The van der Waals surface area contributed by atoms with Crippen LogP contribution in [0.15, 0.2) is 61.2 Å². The minimum absolute atomic E-state index is 0.291. The Hall–Kier alpha value is -3.02. The summed E-state index contributed by atoms with van der Waals surface area (Å²) in [6.45, 7) is 6.39. The molecular weight excluding hydrogens is 336 g/mol. The molecule has 0 amide bonds. The summed E-state index contributed by atoms with van der Waals surface area (Å²) >= 11 is 0. The third-order valence-electron chi connectivity index (χ3n) is 5.41. The molecule has 138 valence electrons. The predicted molar refractivity (Wildman–Crippen MR) is 103 cm³/mol. The molecule has 5 rings (SSSR count). The van der Waals surface area contributed by atoms with Crippen molar-refractivity contribution >= 4 is 0 Å². The molecule has 0 fully saturated rings. The fourth-order valence-electron chi connectivity index (χ4n) is 3.90. The quantitative estimate of drug-likeness (QED) is 0.719. The van der Waals surface area contributed by atoms with Gasteiger partial charge in [-0.15, -0.1) is 0 Å². The summed E-state index contributed by atoms with van der Waals surface area (Å²) in [6.07, 6.45) is 8.93. The number of rotatable bonds is 0. The Bertz CT molecular complexity index is 822. The fraction of sp³-hybridized carbons (Fsp3) is 0.333. The van der Waals surface area contributed by atoms with Crippen LogP contribution >= 0.6 is 0 Å². The molecule has 0 aromatic carbocycles. The van der Waals surface area contributed by atoms with Gasteiger partial charge in [-0.25, -0.2) is 0 Å². The van der Waals surface area contributed by atoms with Crippen molar-refractivity contribution in [1.82, 2.24) is 29.6 Å². The van der Waals surface area contributed by atoms with Crippen molar-refractivity contribution in [3.8, 4) is 0 Å². The van der Waals surface area contributed by atoms with Crippen LogP contribution in [-0.4, -0.2) is 42.4 Å². The first-order valence-electron chi connectivity index (χ1n) is 9.49. The van der Waals surface area contributed by atoms with Crippen LogP contribution in [0.25, 0.3) is 0 Å². The second kappa shape index (κ2) is 6.61. The lowest BCUT2D eigenvalue weighted by molar-refractivity contribution is 0.156. The first kappa shape index (κ1) is 16.2. The molecule has 0 atom stereocenters. The zero-order valence-corrected chi connectivity index (χ0v) is 15.6. The molecule has 0 N–H and O–H groups in total. The first-order valence-corrected chi connectivity index (χ1v) is 9.49. The summed E-state index contributed by atoms with van der Waals surface area (Å²) in [7, 11) is 0. The van der Waals surface area contributed by atoms with Crippen molar-refractivity contribution in [3.05, 3.63) is 84.0 Å².